The first-order chi connectivity index (χ1) is 11.2. The SMILES string of the molecule is CC1CN(C(N)=NCC2(N3CCOCC3)CCCCC2)CCO1. The van der Waals surface area contributed by atoms with E-state index in [1.807, 2.05) is 0 Å². The fourth-order valence-corrected chi connectivity index (χ4v) is 4.18. The maximum absolute atomic E-state index is 6.29. The summed E-state index contributed by atoms with van der Waals surface area (Å²) < 4.78 is 11.1. The molecule has 0 aromatic heterocycles. The second-order valence-corrected chi connectivity index (χ2v) is 7.19. The van der Waals surface area contributed by atoms with E-state index in [1.165, 1.54) is 32.1 Å². The Labute approximate surface area is 140 Å². The van der Waals surface area contributed by atoms with Crippen LogP contribution in [0.25, 0.3) is 0 Å². The highest BCUT2D eigenvalue weighted by molar-refractivity contribution is 5.78. The van der Waals surface area contributed by atoms with E-state index in [2.05, 4.69) is 16.7 Å². The fraction of sp³-hybridized carbons (Fsp3) is 0.941. The van der Waals surface area contributed by atoms with Gasteiger partial charge in [0.15, 0.2) is 5.96 Å². The Morgan fingerprint density at radius 1 is 1.13 bits per heavy atom. The molecule has 2 N–H and O–H groups in total. The number of hydrogen-bond acceptors (Lipinski definition) is 4. The number of nitrogens with two attached hydrogens (primary N) is 1. The zero-order valence-electron chi connectivity index (χ0n) is 14.5. The van der Waals surface area contributed by atoms with Crippen LogP contribution in [0.5, 0.6) is 0 Å². The van der Waals surface area contributed by atoms with E-state index in [0.717, 1.165) is 52.5 Å². The topological polar surface area (TPSA) is 63.3 Å². The van der Waals surface area contributed by atoms with Crippen LogP contribution in [-0.4, -0.2) is 79.9 Å². The van der Waals surface area contributed by atoms with E-state index in [9.17, 15) is 0 Å². The molecule has 0 spiro atoms. The molecule has 3 rings (SSSR count). The summed E-state index contributed by atoms with van der Waals surface area (Å²) in [6.45, 7) is 9.12. The average molecular weight is 324 g/mol. The lowest BCUT2D eigenvalue weighted by molar-refractivity contribution is -0.0336. The Hall–Kier alpha value is -0.850. The van der Waals surface area contributed by atoms with Crippen molar-refractivity contribution >= 4 is 5.96 Å². The lowest BCUT2D eigenvalue weighted by Gasteiger charge is -2.47. The lowest BCUT2D eigenvalue weighted by Crippen LogP contribution is -2.57. The van der Waals surface area contributed by atoms with E-state index < -0.39 is 0 Å². The molecule has 23 heavy (non-hydrogen) atoms. The van der Waals surface area contributed by atoms with Crippen LogP contribution in [0.2, 0.25) is 0 Å². The number of hydrogen-bond donors (Lipinski definition) is 1. The van der Waals surface area contributed by atoms with Crippen molar-refractivity contribution in [3.05, 3.63) is 0 Å². The molecular weight excluding hydrogens is 292 g/mol. The van der Waals surface area contributed by atoms with Gasteiger partial charge in [-0.05, 0) is 19.8 Å². The summed E-state index contributed by atoms with van der Waals surface area (Å²) in [6, 6.07) is 0. The van der Waals surface area contributed by atoms with Crippen molar-refractivity contribution in [2.45, 2.75) is 50.7 Å². The van der Waals surface area contributed by atoms with Gasteiger partial charge in [-0.2, -0.15) is 0 Å². The van der Waals surface area contributed by atoms with E-state index in [1.54, 1.807) is 0 Å². The third-order valence-corrected chi connectivity index (χ3v) is 5.57. The zero-order valence-corrected chi connectivity index (χ0v) is 14.5. The molecular formula is C17H32N4O2. The van der Waals surface area contributed by atoms with Crippen LogP contribution in [-0.2, 0) is 9.47 Å². The maximum Gasteiger partial charge on any atom is 0.191 e. The predicted molar refractivity (Wildman–Crippen MR) is 91.7 cm³/mol. The second kappa shape index (κ2) is 7.81. The molecule has 1 aliphatic carbocycles. The van der Waals surface area contributed by atoms with Crippen LogP contribution in [0.1, 0.15) is 39.0 Å². The van der Waals surface area contributed by atoms with Crippen LogP contribution in [0.4, 0.5) is 0 Å². The molecule has 132 valence electrons. The molecule has 6 nitrogen and oxygen atoms in total. The second-order valence-electron chi connectivity index (χ2n) is 7.19. The number of nitrogens with zero attached hydrogens (tertiary/aromatic N) is 3. The van der Waals surface area contributed by atoms with Crippen molar-refractivity contribution in [2.24, 2.45) is 10.7 Å². The predicted octanol–water partition coefficient (Wildman–Crippen LogP) is 1.06. The normalized spacial score (nSPS) is 30.4. The largest absolute Gasteiger partial charge is 0.379 e. The molecule has 3 fully saturated rings. The minimum Gasteiger partial charge on any atom is -0.379 e. The first-order valence-corrected chi connectivity index (χ1v) is 9.19. The quantitative estimate of drug-likeness (QED) is 0.621. The Kier molecular flexibility index (Phi) is 5.77. The van der Waals surface area contributed by atoms with E-state index in [0.29, 0.717) is 5.96 Å². The Bertz CT molecular complexity index is 403. The van der Waals surface area contributed by atoms with Crippen LogP contribution in [0.3, 0.4) is 0 Å². The summed E-state index contributed by atoms with van der Waals surface area (Å²) in [6.07, 6.45) is 6.68. The van der Waals surface area contributed by atoms with Crippen molar-refractivity contribution in [3.63, 3.8) is 0 Å². The highest BCUT2D eigenvalue weighted by atomic mass is 16.5. The first kappa shape index (κ1) is 17.0. The van der Waals surface area contributed by atoms with Gasteiger partial charge in [0.1, 0.15) is 0 Å². The van der Waals surface area contributed by atoms with Gasteiger partial charge in [0.2, 0.25) is 0 Å². The Morgan fingerprint density at radius 2 is 1.87 bits per heavy atom. The summed E-state index contributed by atoms with van der Waals surface area (Å²) in [4.78, 5) is 9.63. The molecule has 1 saturated carbocycles. The van der Waals surface area contributed by atoms with Crippen molar-refractivity contribution in [1.29, 1.82) is 0 Å². The van der Waals surface area contributed by atoms with Gasteiger partial charge in [-0.15, -0.1) is 0 Å². The standard InChI is InChI=1S/C17H32N4O2/c1-15-13-20(7-12-23-15)16(18)19-14-17(5-3-2-4-6-17)21-8-10-22-11-9-21/h15H,2-14H2,1H3,(H2,18,19). The van der Waals surface area contributed by atoms with Crippen LogP contribution >= 0.6 is 0 Å². The van der Waals surface area contributed by atoms with Crippen molar-refractivity contribution in [2.75, 3.05) is 52.5 Å². The monoisotopic (exact) mass is 324 g/mol. The van der Waals surface area contributed by atoms with Crippen molar-refractivity contribution in [3.8, 4) is 0 Å². The van der Waals surface area contributed by atoms with Gasteiger partial charge in [0.25, 0.3) is 0 Å². The molecule has 6 heteroatoms. The van der Waals surface area contributed by atoms with E-state index >= 15 is 0 Å². The molecule has 1 atom stereocenters. The fourth-order valence-electron chi connectivity index (χ4n) is 4.18. The number of morpholine rings is 2. The minimum atomic E-state index is 0.199. The van der Waals surface area contributed by atoms with Gasteiger partial charge in [-0.1, -0.05) is 19.3 Å². The molecule has 0 aromatic rings. The smallest absolute Gasteiger partial charge is 0.191 e. The molecule has 2 saturated heterocycles. The molecule has 0 amide bonds. The van der Waals surface area contributed by atoms with E-state index in [4.69, 9.17) is 20.2 Å². The average Bonchev–Trinajstić information content (AvgIpc) is 2.61. The Morgan fingerprint density at radius 3 is 2.57 bits per heavy atom. The van der Waals surface area contributed by atoms with Crippen LogP contribution in [0, 0.1) is 0 Å². The number of aliphatic imine (C=N–C) groups is 1. The molecule has 0 bridgehead atoms. The third kappa shape index (κ3) is 4.17. The highest BCUT2D eigenvalue weighted by Crippen LogP contribution is 2.34. The van der Waals surface area contributed by atoms with Gasteiger partial charge < -0.3 is 20.1 Å². The molecule has 0 radical (unpaired) electrons. The summed E-state index contributed by atoms with van der Waals surface area (Å²) in [5.41, 5.74) is 6.49. The van der Waals surface area contributed by atoms with Crippen molar-refractivity contribution in [1.82, 2.24) is 9.80 Å². The molecule has 2 aliphatic heterocycles. The van der Waals surface area contributed by atoms with Crippen molar-refractivity contribution < 1.29 is 9.47 Å². The summed E-state index contributed by atoms with van der Waals surface area (Å²) in [5.74, 6) is 0.693. The van der Waals surface area contributed by atoms with Gasteiger partial charge in [0.05, 0.1) is 32.5 Å². The first-order valence-electron chi connectivity index (χ1n) is 9.19. The maximum atomic E-state index is 6.29. The third-order valence-electron chi connectivity index (χ3n) is 5.57. The molecule has 2 heterocycles. The summed E-state index contributed by atoms with van der Waals surface area (Å²) >= 11 is 0. The van der Waals surface area contributed by atoms with E-state index in [-0.39, 0.29) is 11.6 Å². The lowest BCUT2D eigenvalue weighted by atomic mass is 9.80. The van der Waals surface area contributed by atoms with Gasteiger partial charge in [-0.3, -0.25) is 9.89 Å². The van der Waals surface area contributed by atoms with Gasteiger partial charge in [0, 0.05) is 31.7 Å². The molecule has 3 aliphatic rings. The van der Waals surface area contributed by atoms with Gasteiger partial charge >= 0.3 is 0 Å². The minimum absolute atomic E-state index is 0.199. The zero-order chi connectivity index (χ0) is 16.1. The van der Waals surface area contributed by atoms with Crippen LogP contribution < -0.4 is 5.73 Å². The Balaban J connectivity index is 1.66. The van der Waals surface area contributed by atoms with Gasteiger partial charge in [-0.25, -0.2) is 0 Å². The summed E-state index contributed by atoms with van der Waals surface area (Å²) in [7, 11) is 0. The summed E-state index contributed by atoms with van der Waals surface area (Å²) in [5, 5.41) is 0. The number of rotatable bonds is 3. The van der Waals surface area contributed by atoms with Crippen LogP contribution in [0.15, 0.2) is 4.99 Å². The highest BCUT2D eigenvalue weighted by Gasteiger charge is 2.38. The number of ether oxygens (including phenoxy) is 2. The molecule has 1 unspecified atom stereocenters. The molecule has 0 aromatic carbocycles. The number of guanidine groups is 1.